The van der Waals surface area contributed by atoms with Gasteiger partial charge in [0, 0.05) is 17.8 Å². The molecule has 2 aromatic rings. The van der Waals surface area contributed by atoms with Gasteiger partial charge in [0.05, 0.1) is 5.69 Å². The topological polar surface area (TPSA) is 42.0 Å². The molecule has 1 aromatic heterocycles. The molecule has 19 heavy (non-hydrogen) atoms. The summed E-state index contributed by atoms with van der Waals surface area (Å²) in [6.45, 7) is 0. The van der Waals surface area contributed by atoms with Crippen LogP contribution in [-0.2, 0) is 0 Å². The molecule has 2 rings (SSSR count). The average molecular weight is 270 g/mol. The molecule has 0 atom stereocenters. The zero-order chi connectivity index (χ0) is 14.0. The second-order valence-corrected chi connectivity index (χ2v) is 3.54. The highest BCUT2D eigenvalue weighted by molar-refractivity contribution is 6.04. The summed E-state index contributed by atoms with van der Waals surface area (Å²) in [6.07, 6.45) is 1.05. The first kappa shape index (κ1) is 13.0. The van der Waals surface area contributed by atoms with Gasteiger partial charge in [-0.3, -0.25) is 4.79 Å². The van der Waals surface area contributed by atoms with E-state index in [1.807, 2.05) is 5.32 Å². The molecule has 0 fully saturated rings. The van der Waals surface area contributed by atoms with Crippen molar-refractivity contribution >= 4 is 11.6 Å². The second kappa shape index (κ2) is 5.05. The Morgan fingerprint density at radius 2 is 1.79 bits per heavy atom. The number of hydrogen-bond acceptors (Lipinski definition) is 2. The number of amides is 1. The monoisotopic (exact) mass is 270 g/mol. The van der Waals surface area contributed by atoms with Crippen LogP contribution in [-0.4, -0.2) is 10.9 Å². The third-order valence-corrected chi connectivity index (χ3v) is 2.27. The van der Waals surface area contributed by atoms with Crippen molar-refractivity contribution < 1.29 is 22.4 Å². The normalized spacial score (nSPS) is 10.3. The number of aromatic nitrogens is 1. The summed E-state index contributed by atoms with van der Waals surface area (Å²) in [6, 6.07) is 3.55. The summed E-state index contributed by atoms with van der Waals surface area (Å²) in [5.74, 6) is -6.35. The maximum absolute atomic E-state index is 13.3. The van der Waals surface area contributed by atoms with Crippen LogP contribution < -0.4 is 5.32 Å². The SMILES string of the molecule is O=C(Nc1ccc(F)c(F)c1F)c1ccnc(F)c1. The molecule has 7 heteroatoms. The molecule has 1 aromatic carbocycles. The van der Waals surface area contributed by atoms with Crippen LogP contribution in [0.2, 0.25) is 0 Å². The predicted octanol–water partition coefficient (Wildman–Crippen LogP) is 2.89. The Labute approximate surface area is 104 Å². The molecule has 0 radical (unpaired) electrons. The van der Waals surface area contributed by atoms with Gasteiger partial charge in [-0.1, -0.05) is 0 Å². The number of nitrogens with one attached hydrogen (secondary N) is 1. The highest BCUT2D eigenvalue weighted by atomic mass is 19.2. The molecule has 1 amide bonds. The number of rotatable bonds is 2. The summed E-state index contributed by atoms with van der Waals surface area (Å²) in [7, 11) is 0. The fourth-order valence-electron chi connectivity index (χ4n) is 1.36. The van der Waals surface area contributed by atoms with E-state index >= 15 is 0 Å². The molecule has 0 aliphatic carbocycles. The number of halogens is 4. The molecule has 0 bridgehead atoms. The maximum atomic E-state index is 13.3. The molecule has 0 unspecified atom stereocenters. The lowest BCUT2D eigenvalue weighted by atomic mass is 10.2. The van der Waals surface area contributed by atoms with Gasteiger partial charge >= 0.3 is 0 Å². The summed E-state index contributed by atoms with van der Waals surface area (Å²) >= 11 is 0. The zero-order valence-corrected chi connectivity index (χ0v) is 9.25. The highest BCUT2D eigenvalue weighted by Crippen LogP contribution is 2.20. The first-order valence-corrected chi connectivity index (χ1v) is 5.05. The van der Waals surface area contributed by atoms with Gasteiger partial charge < -0.3 is 5.32 Å². The summed E-state index contributed by atoms with van der Waals surface area (Å²) in [4.78, 5) is 14.9. The Kier molecular flexibility index (Phi) is 3.46. The number of nitrogens with zero attached hydrogens (tertiary/aromatic N) is 1. The van der Waals surface area contributed by atoms with Gasteiger partial charge in [0.15, 0.2) is 17.5 Å². The Balaban J connectivity index is 2.27. The fraction of sp³-hybridized carbons (Fsp3) is 0. The third kappa shape index (κ3) is 2.70. The zero-order valence-electron chi connectivity index (χ0n) is 9.25. The van der Waals surface area contributed by atoms with Crippen LogP contribution in [0.5, 0.6) is 0 Å². The quantitative estimate of drug-likeness (QED) is 0.518. The smallest absolute Gasteiger partial charge is 0.255 e. The van der Waals surface area contributed by atoms with Gasteiger partial charge in [-0.2, -0.15) is 4.39 Å². The molecular formula is C12H6F4N2O. The van der Waals surface area contributed by atoms with E-state index in [9.17, 15) is 22.4 Å². The van der Waals surface area contributed by atoms with Crippen LogP contribution in [0.15, 0.2) is 30.5 Å². The number of benzene rings is 1. The third-order valence-electron chi connectivity index (χ3n) is 2.27. The minimum absolute atomic E-state index is 0.128. The van der Waals surface area contributed by atoms with Gasteiger partial charge in [0.25, 0.3) is 5.91 Å². The van der Waals surface area contributed by atoms with Crippen molar-refractivity contribution in [2.24, 2.45) is 0 Å². The van der Waals surface area contributed by atoms with Crippen molar-refractivity contribution in [3.63, 3.8) is 0 Å². The van der Waals surface area contributed by atoms with Crippen LogP contribution in [0.1, 0.15) is 10.4 Å². The van der Waals surface area contributed by atoms with E-state index in [0.29, 0.717) is 6.07 Å². The lowest BCUT2D eigenvalue weighted by Crippen LogP contribution is -2.14. The molecule has 98 valence electrons. The Morgan fingerprint density at radius 3 is 2.47 bits per heavy atom. The largest absolute Gasteiger partial charge is 0.319 e. The molecule has 0 aliphatic rings. The van der Waals surface area contributed by atoms with Crippen molar-refractivity contribution in [2.45, 2.75) is 0 Å². The summed E-state index contributed by atoms with van der Waals surface area (Å²) < 4.78 is 51.7. The molecule has 0 saturated heterocycles. The van der Waals surface area contributed by atoms with E-state index < -0.39 is 35.0 Å². The van der Waals surface area contributed by atoms with Gasteiger partial charge in [-0.15, -0.1) is 0 Å². The van der Waals surface area contributed by atoms with Crippen molar-refractivity contribution in [3.05, 3.63) is 59.4 Å². The average Bonchev–Trinajstić information content (AvgIpc) is 2.39. The fourth-order valence-corrected chi connectivity index (χ4v) is 1.36. The van der Waals surface area contributed by atoms with Crippen LogP contribution in [0, 0.1) is 23.4 Å². The van der Waals surface area contributed by atoms with E-state index in [2.05, 4.69) is 4.98 Å². The summed E-state index contributed by atoms with van der Waals surface area (Å²) in [5, 5.41) is 2.01. The van der Waals surface area contributed by atoms with E-state index in [1.165, 1.54) is 6.07 Å². The standard InChI is InChI=1S/C12H6F4N2O/c13-7-1-2-8(11(16)10(7)15)18-12(19)6-3-4-17-9(14)5-6/h1-5H,(H,18,19). The van der Waals surface area contributed by atoms with Crippen LogP contribution >= 0.6 is 0 Å². The molecule has 0 aliphatic heterocycles. The minimum Gasteiger partial charge on any atom is -0.319 e. The van der Waals surface area contributed by atoms with Crippen LogP contribution in [0.4, 0.5) is 23.2 Å². The molecule has 0 spiro atoms. The van der Waals surface area contributed by atoms with Crippen molar-refractivity contribution in [1.29, 1.82) is 0 Å². The first-order chi connectivity index (χ1) is 8.99. The number of carbonyl (C=O) groups excluding carboxylic acids is 1. The van der Waals surface area contributed by atoms with E-state index in [1.54, 1.807) is 0 Å². The molecular weight excluding hydrogens is 264 g/mol. The second-order valence-electron chi connectivity index (χ2n) is 3.54. The Hall–Kier alpha value is -2.44. The molecule has 0 saturated carbocycles. The van der Waals surface area contributed by atoms with Gasteiger partial charge in [0.2, 0.25) is 5.95 Å². The number of carbonyl (C=O) groups is 1. The number of hydrogen-bond donors (Lipinski definition) is 1. The molecule has 3 nitrogen and oxygen atoms in total. The Morgan fingerprint density at radius 1 is 1.05 bits per heavy atom. The predicted molar refractivity (Wildman–Crippen MR) is 58.5 cm³/mol. The lowest BCUT2D eigenvalue weighted by molar-refractivity contribution is 0.102. The van der Waals surface area contributed by atoms with Crippen LogP contribution in [0.3, 0.4) is 0 Å². The van der Waals surface area contributed by atoms with Gasteiger partial charge in [0.1, 0.15) is 0 Å². The first-order valence-electron chi connectivity index (χ1n) is 5.05. The van der Waals surface area contributed by atoms with E-state index in [-0.39, 0.29) is 5.56 Å². The number of pyridine rings is 1. The van der Waals surface area contributed by atoms with Crippen LogP contribution in [0.25, 0.3) is 0 Å². The maximum Gasteiger partial charge on any atom is 0.255 e. The van der Waals surface area contributed by atoms with Crippen molar-refractivity contribution in [2.75, 3.05) is 5.32 Å². The van der Waals surface area contributed by atoms with Gasteiger partial charge in [-0.05, 0) is 18.2 Å². The van der Waals surface area contributed by atoms with E-state index in [0.717, 1.165) is 18.3 Å². The highest BCUT2D eigenvalue weighted by Gasteiger charge is 2.16. The van der Waals surface area contributed by atoms with Crippen molar-refractivity contribution in [3.8, 4) is 0 Å². The Bertz CT molecular complexity index is 646. The van der Waals surface area contributed by atoms with E-state index in [4.69, 9.17) is 0 Å². The van der Waals surface area contributed by atoms with Crippen molar-refractivity contribution in [1.82, 2.24) is 4.98 Å². The minimum atomic E-state index is -1.70. The van der Waals surface area contributed by atoms with Gasteiger partial charge in [-0.25, -0.2) is 18.2 Å². The molecule has 1 N–H and O–H groups in total. The molecule has 1 heterocycles. The lowest BCUT2D eigenvalue weighted by Gasteiger charge is -2.07. The number of anilines is 1. The summed E-state index contributed by atoms with van der Waals surface area (Å²) in [5.41, 5.74) is -0.669.